The van der Waals surface area contributed by atoms with Gasteiger partial charge in [0, 0.05) is 6.54 Å². The molecule has 0 bridgehead atoms. The highest BCUT2D eigenvalue weighted by Gasteiger charge is 2.22. The van der Waals surface area contributed by atoms with Crippen molar-refractivity contribution < 1.29 is 4.39 Å². The Balaban J connectivity index is 1.69. The Labute approximate surface area is 127 Å². The lowest BCUT2D eigenvalue weighted by Crippen LogP contribution is -2.01. The van der Waals surface area contributed by atoms with Crippen molar-refractivity contribution in [3.05, 3.63) is 63.4 Å². The first kappa shape index (κ1) is 13.7. The standard InChI is InChI=1S/C16H14Cl2FN/c17-14-7-13(19)8-15(18)16(14)20-9-10-1-3-11(4-2-10)12-5-6-12/h1-4,7-8,12,20H,5-6,9H2. The van der Waals surface area contributed by atoms with Crippen LogP contribution in [-0.2, 0) is 6.54 Å². The topological polar surface area (TPSA) is 12.0 Å². The molecule has 1 fully saturated rings. The van der Waals surface area contributed by atoms with Crippen LogP contribution in [0.4, 0.5) is 10.1 Å². The monoisotopic (exact) mass is 309 g/mol. The van der Waals surface area contributed by atoms with Crippen LogP contribution < -0.4 is 5.32 Å². The predicted octanol–water partition coefficient (Wildman–Crippen LogP) is 5.62. The van der Waals surface area contributed by atoms with Gasteiger partial charge in [0.1, 0.15) is 5.82 Å². The number of hydrogen-bond acceptors (Lipinski definition) is 1. The fraction of sp³-hybridized carbons (Fsp3) is 0.250. The van der Waals surface area contributed by atoms with E-state index in [0.29, 0.717) is 22.3 Å². The van der Waals surface area contributed by atoms with E-state index in [4.69, 9.17) is 23.2 Å². The van der Waals surface area contributed by atoms with Gasteiger partial charge in [-0.25, -0.2) is 4.39 Å². The van der Waals surface area contributed by atoms with Crippen LogP contribution >= 0.6 is 23.2 Å². The SMILES string of the molecule is Fc1cc(Cl)c(NCc2ccc(C3CC3)cc2)c(Cl)c1. The lowest BCUT2D eigenvalue weighted by Gasteiger charge is -2.11. The summed E-state index contributed by atoms with van der Waals surface area (Å²) in [6.45, 7) is 0.607. The van der Waals surface area contributed by atoms with Crippen molar-refractivity contribution in [2.24, 2.45) is 0 Å². The van der Waals surface area contributed by atoms with Crippen LogP contribution in [0.1, 0.15) is 29.9 Å². The van der Waals surface area contributed by atoms with Crippen LogP contribution in [0.15, 0.2) is 36.4 Å². The Morgan fingerprint density at radius 3 is 2.20 bits per heavy atom. The molecule has 0 atom stereocenters. The molecule has 1 N–H and O–H groups in total. The van der Waals surface area contributed by atoms with Crippen molar-refractivity contribution in [2.45, 2.75) is 25.3 Å². The third-order valence-electron chi connectivity index (χ3n) is 3.50. The molecular weight excluding hydrogens is 296 g/mol. The molecule has 1 nitrogen and oxygen atoms in total. The van der Waals surface area contributed by atoms with Gasteiger partial charge >= 0.3 is 0 Å². The van der Waals surface area contributed by atoms with Gasteiger partial charge in [0.05, 0.1) is 15.7 Å². The largest absolute Gasteiger partial charge is 0.379 e. The number of nitrogens with one attached hydrogen (secondary N) is 1. The number of anilines is 1. The van der Waals surface area contributed by atoms with E-state index < -0.39 is 5.82 Å². The predicted molar refractivity (Wildman–Crippen MR) is 82.2 cm³/mol. The third-order valence-corrected chi connectivity index (χ3v) is 4.10. The minimum atomic E-state index is -0.431. The molecule has 0 aliphatic heterocycles. The molecule has 0 heterocycles. The third kappa shape index (κ3) is 3.08. The van der Waals surface area contributed by atoms with Crippen molar-refractivity contribution in [3.63, 3.8) is 0 Å². The lowest BCUT2D eigenvalue weighted by atomic mass is 10.1. The lowest BCUT2D eigenvalue weighted by molar-refractivity contribution is 0.628. The summed E-state index contributed by atoms with van der Waals surface area (Å²) < 4.78 is 13.1. The van der Waals surface area contributed by atoms with Gasteiger partial charge in [0.2, 0.25) is 0 Å². The van der Waals surface area contributed by atoms with Crippen LogP contribution in [0.2, 0.25) is 10.0 Å². The maximum Gasteiger partial charge on any atom is 0.126 e. The summed E-state index contributed by atoms with van der Waals surface area (Å²) in [4.78, 5) is 0. The van der Waals surface area contributed by atoms with E-state index in [1.54, 1.807) is 0 Å². The zero-order valence-corrected chi connectivity index (χ0v) is 12.3. The number of hydrogen-bond donors (Lipinski definition) is 1. The second-order valence-corrected chi connectivity index (χ2v) is 5.93. The summed E-state index contributed by atoms with van der Waals surface area (Å²) in [5, 5.41) is 3.75. The minimum Gasteiger partial charge on any atom is -0.379 e. The number of halogens is 3. The van der Waals surface area contributed by atoms with E-state index in [-0.39, 0.29) is 0 Å². The van der Waals surface area contributed by atoms with Crippen LogP contribution in [0.3, 0.4) is 0 Å². The van der Waals surface area contributed by atoms with Gasteiger partial charge in [-0.3, -0.25) is 0 Å². The van der Waals surface area contributed by atoms with E-state index in [9.17, 15) is 4.39 Å². The summed E-state index contributed by atoms with van der Waals surface area (Å²) >= 11 is 12.0. The highest BCUT2D eigenvalue weighted by atomic mass is 35.5. The summed E-state index contributed by atoms with van der Waals surface area (Å²) in [7, 11) is 0. The first-order valence-electron chi connectivity index (χ1n) is 6.61. The van der Waals surface area contributed by atoms with E-state index >= 15 is 0 Å². The van der Waals surface area contributed by atoms with Crippen LogP contribution in [0, 0.1) is 5.82 Å². The first-order chi connectivity index (χ1) is 9.63. The molecule has 2 aromatic carbocycles. The van der Waals surface area contributed by atoms with Crippen LogP contribution in [0.25, 0.3) is 0 Å². The highest BCUT2D eigenvalue weighted by Crippen LogP contribution is 2.40. The molecule has 0 saturated heterocycles. The molecule has 104 valence electrons. The molecule has 1 aliphatic rings. The molecule has 0 amide bonds. The van der Waals surface area contributed by atoms with E-state index in [0.717, 1.165) is 11.5 Å². The van der Waals surface area contributed by atoms with Gasteiger partial charge in [-0.2, -0.15) is 0 Å². The van der Waals surface area contributed by atoms with Gasteiger partial charge in [-0.05, 0) is 42.0 Å². The Kier molecular flexibility index (Phi) is 3.86. The summed E-state index contributed by atoms with van der Waals surface area (Å²) in [6.07, 6.45) is 2.61. The van der Waals surface area contributed by atoms with Gasteiger partial charge < -0.3 is 5.32 Å². The van der Waals surface area contributed by atoms with E-state index in [1.165, 1.54) is 30.5 Å². The average Bonchev–Trinajstić information content (AvgIpc) is 3.22. The Bertz CT molecular complexity index is 598. The Morgan fingerprint density at radius 2 is 1.65 bits per heavy atom. The summed E-state index contributed by atoms with van der Waals surface area (Å²) in [6, 6.07) is 11.1. The molecule has 3 rings (SSSR count). The molecule has 4 heteroatoms. The maximum atomic E-state index is 13.1. The second-order valence-electron chi connectivity index (χ2n) is 5.11. The molecular formula is C16H14Cl2FN. The molecule has 0 spiro atoms. The van der Waals surface area contributed by atoms with Crippen molar-refractivity contribution in [1.82, 2.24) is 0 Å². The first-order valence-corrected chi connectivity index (χ1v) is 7.36. The number of rotatable bonds is 4. The van der Waals surface area contributed by atoms with Crippen molar-refractivity contribution in [1.29, 1.82) is 0 Å². The molecule has 20 heavy (non-hydrogen) atoms. The fourth-order valence-corrected chi connectivity index (χ4v) is 2.82. The molecule has 0 unspecified atom stereocenters. The summed E-state index contributed by atoms with van der Waals surface area (Å²) in [5.74, 6) is 0.331. The quantitative estimate of drug-likeness (QED) is 0.772. The average molecular weight is 310 g/mol. The minimum absolute atomic E-state index is 0.296. The smallest absolute Gasteiger partial charge is 0.126 e. The molecule has 0 radical (unpaired) electrons. The Hall–Kier alpha value is -1.25. The van der Waals surface area contributed by atoms with Crippen molar-refractivity contribution >= 4 is 28.9 Å². The Morgan fingerprint density at radius 1 is 1.05 bits per heavy atom. The van der Waals surface area contributed by atoms with Crippen LogP contribution in [0.5, 0.6) is 0 Å². The fourth-order valence-electron chi connectivity index (χ4n) is 2.23. The van der Waals surface area contributed by atoms with Crippen LogP contribution in [-0.4, -0.2) is 0 Å². The van der Waals surface area contributed by atoms with Gasteiger partial charge in [-0.1, -0.05) is 47.5 Å². The maximum absolute atomic E-state index is 13.1. The van der Waals surface area contributed by atoms with Gasteiger partial charge in [0.15, 0.2) is 0 Å². The van der Waals surface area contributed by atoms with E-state index in [1.807, 2.05) is 0 Å². The van der Waals surface area contributed by atoms with Crippen molar-refractivity contribution in [3.8, 4) is 0 Å². The van der Waals surface area contributed by atoms with E-state index in [2.05, 4.69) is 29.6 Å². The molecule has 1 aliphatic carbocycles. The zero-order chi connectivity index (χ0) is 14.1. The van der Waals surface area contributed by atoms with Gasteiger partial charge in [-0.15, -0.1) is 0 Å². The summed E-state index contributed by atoms with van der Waals surface area (Å²) in [5.41, 5.74) is 3.12. The normalized spacial score (nSPS) is 14.3. The highest BCUT2D eigenvalue weighted by molar-refractivity contribution is 6.39. The number of benzene rings is 2. The molecule has 2 aromatic rings. The van der Waals surface area contributed by atoms with Gasteiger partial charge in [0.25, 0.3) is 0 Å². The second kappa shape index (κ2) is 5.63. The molecule has 1 saturated carbocycles. The molecule has 0 aromatic heterocycles. The zero-order valence-electron chi connectivity index (χ0n) is 10.8. The van der Waals surface area contributed by atoms with Crippen molar-refractivity contribution in [2.75, 3.05) is 5.32 Å².